The number of nitrogens with one attached hydrogen (secondary N) is 1. The fourth-order valence-electron chi connectivity index (χ4n) is 1.17. The summed E-state index contributed by atoms with van der Waals surface area (Å²) in [6, 6.07) is 0. The molecule has 0 saturated carbocycles. The van der Waals surface area contributed by atoms with Crippen molar-refractivity contribution in [3.8, 4) is 0 Å². The van der Waals surface area contributed by atoms with Gasteiger partial charge in [-0.1, -0.05) is 6.92 Å². The van der Waals surface area contributed by atoms with E-state index in [-0.39, 0.29) is 12.0 Å². The predicted octanol–water partition coefficient (Wildman–Crippen LogP) is 0.807. The summed E-state index contributed by atoms with van der Waals surface area (Å²) in [5, 5.41) is 13.8. The lowest BCUT2D eigenvalue weighted by atomic mass is 9.82. The molecule has 1 saturated heterocycles. The number of hydrogen-bond donors (Lipinski definition) is 1. The Kier molecular flexibility index (Phi) is 2.09. The highest BCUT2D eigenvalue weighted by atomic mass is 16.3. The molecule has 0 aliphatic carbocycles. The zero-order valence-electron chi connectivity index (χ0n) is 5.94. The molecule has 1 radical (unpaired) electrons. The Balaban J connectivity index is 2.37. The summed E-state index contributed by atoms with van der Waals surface area (Å²) in [6.45, 7) is 4.23. The third kappa shape index (κ3) is 1.66. The maximum Gasteiger partial charge on any atom is 0.0876 e. The molecule has 1 N–H and O–H groups in total. The summed E-state index contributed by atoms with van der Waals surface area (Å²) < 4.78 is 0. The molecule has 0 spiro atoms. The van der Waals surface area contributed by atoms with Crippen LogP contribution < -0.4 is 5.32 Å². The van der Waals surface area contributed by atoms with E-state index in [1.807, 2.05) is 0 Å². The van der Waals surface area contributed by atoms with Gasteiger partial charge in [0.05, 0.1) is 6.61 Å². The first-order valence-corrected chi connectivity index (χ1v) is 3.56. The predicted molar refractivity (Wildman–Crippen MR) is 35.8 cm³/mol. The molecule has 2 nitrogen and oxygen atoms in total. The standard InChI is InChI=1S/C7H14NO/c1-7(6-9)2-4-8-5-3-7/h8H,2-6H2,1H3. The molecular formula is C7H14NO. The van der Waals surface area contributed by atoms with Gasteiger partial charge >= 0.3 is 0 Å². The fourth-order valence-corrected chi connectivity index (χ4v) is 1.17. The summed E-state index contributed by atoms with van der Waals surface area (Å²) in [5.41, 5.74) is 0.102. The van der Waals surface area contributed by atoms with Gasteiger partial charge in [-0.2, -0.15) is 0 Å². The molecule has 1 heterocycles. The van der Waals surface area contributed by atoms with E-state index in [4.69, 9.17) is 0 Å². The van der Waals surface area contributed by atoms with E-state index in [0.29, 0.717) is 0 Å². The van der Waals surface area contributed by atoms with Crippen molar-refractivity contribution < 1.29 is 5.11 Å². The molecular weight excluding hydrogens is 114 g/mol. The lowest BCUT2D eigenvalue weighted by molar-refractivity contribution is 0.0572. The van der Waals surface area contributed by atoms with Crippen molar-refractivity contribution in [3.05, 3.63) is 0 Å². The van der Waals surface area contributed by atoms with Crippen molar-refractivity contribution in [1.82, 2.24) is 5.32 Å². The number of hydrogen-bond acceptors (Lipinski definition) is 1. The molecule has 0 aromatic heterocycles. The van der Waals surface area contributed by atoms with Gasteiger partial charge in [-0.25, -0.2) is 5.11 Å². The summed E-state index contributed by atoms with van der Waals surface area (Å²) in [7, 11) is 0. The Labute approximate surface area is 56.3 Å². The van der Waals surface area contributed by atoms with Gasteiger partial charge in [0, 0.05) is 0 Å². The van der Waals surface area contributed by atoms with Crippen molar-refractivity contribution in [1.29, 1.82) is 0 Å². The zero-order chi connectivity index (χ0) is 6.74. The molecule has 2 heteroatoms. The monoisotopic (exact) mass is 128 g/mol. The molecule has 1 aliphatic rings. The molecule has 0 atom stereocenters. The summed E-state index contributed by atoms with van der Waals surface area (Å²) in [5.74, 6) is 0. The lowest BCUT2D eigenvalue weighted by Crippen LogP contribution is -2.36. The summed E-state index contributed by atoms with van der Waals surface area (Å²) >= 11 is 0. The van der Waals surface area contributed by atoms with Crippen LogP contribution in [-0.2, 0) is 5.11 Å². The highest BCUT2D eigenvalue weighted by Gasteiger charge is 2.25. The van der Waals surface area contributed by atoms with E-state index in [1.165, 1.54) is 0 Å². The molecule has 0 bridgehead atoms. The van der Waals surface area contributed by atoms with E-state index in [2.05, 4.69) is 12.2 Å². The molecule has 9 heavy (non-hydrogen) atoms. The summed E-state index contributed by atoms with van der Waals surface area (Å²) in [4.78, 5) is 0. The normalized spacial score (nSPS) is 26.0. The third-order valence-electron chi connectivity index (χ3n) is 2.16. The van der Waals surface area contributed by atoms with Gasteiger partial charge in [-0.05, 0) is 31.3 Å². The molecule has 0 aromatic rings. The Morgan fingerprint density at radius 1 is 1.44 bits per heavy atom. The molecule has 0 aromatic carbocycles. The molecule has 0 unspecified atom stereocenters. The van der Waals surface area contributed by atoms with E-state index in [1.54, 1.807) is 0 Å². The second-order valence-electron chi connectivity index (χ2n) is 3.20. The topological polar surface area (TPSA) is 31.9 Å². The van der Waals surface area contributed by atoms with Gasteiger partial charge in [0.1, 0.15) is 0 Å². The van der Waals surface area contributed by atoms with Gasteiger partial charge in [-0.15, -0.1) is 0 Å². The smallest absolute Gasteiger partial charge is 0.0876 e. The van der Waals surface area contributed by atoms with Crippen LogP contribution >= 0.6 is 0 Å². The first-order valence-electron chi connectivity index (χ1n) is 3.56. The van der Waals surface area contributed by atoms with Gasteiger partial charge in [0.2, 0.25) is 0 Å². The summed E-state index contributed by atoms with van der Waals surface area (Å²) in [6.07, 6.45) is 2.10. The average Bonchev–Trinajstić information content (AvgIpc) is 1.90. The second-order valence-corrected chi connectivity index (χ2v) is 3.20. The Bertz CT molecular complexity index is 86.9. The average molecular weight is 128 g/mol. The van der Waals surface area contributed by atoms with Crippen LogP contribution in [0.15, 0.2) is 0 Å². The van der Waals surface area contributed by atoms with Crippen LogP contribution in [0.5, 0.6) is 0 Å². The first-order chi connectivity index (χ1) is 4.27. The quantitative estimate of drug-likeness (QED) is 0.556. The van der Waals surface area contributed by atoms with E-state index in [9.17, 15) is 5.11 Å². The SMILES string of the molecule is CC1(C[O])CCNCC1. The maximum absolute atomic E-state index is 10.6. The Morgan fingerprint density at radius 2 is 2.00 bits per heavy atom. The van der Waals surface area contributed by atoms with Crippen molar-refractivity contribution in [2.45, 2.75) is 19.8 Å². The zero-order valence-corrected chi connectivity index (χ0v) is 5.94. The van der Waals surface area contributed by atoms with Gasteiger partial charge in [0.25, 0.3) is 0 Å². The van der Waals surface area contributed by atoms with Crippen molar-refractivity contribution in [3.63, 3.8) is 0 Å². The second kappa shape index (κ2) is 2.67. The minimum atomic E-state index is 0.0919. The minimum Gasteiger partial charge on any atom is -0.317 e. The highest BCUT2D eigenvalue weighted by Crippen LogP contribution is 2.26. The molecule has 53 valence electrons. The fraction of sp³-hybridized carbons (Fsp3) is 1.00. The van der Waals surface area contributed by atoms with Crippen LogP contribution in [0, 0.1) is 5.41 Å². The van der Waals surface area contributed by atoms with Gasteiger partial charge in [0.15, 0.2) is 0 Å². The Morgan fingerprint density at radius 3 is 2.33 bits per heavy atom. The number of rotatable bonds is 1. The lowest BCUT2D eigenvalue weighted by Gasteiger charge is -2.30. The first kappa shape index (κ1) is 7.03. The van der Waals surface area contributed by atoms with Gasteiger partial charge < -0.3 is 5.32 Å². The van der Waals surface area contributed by atoms with Crippen LogP contribution in [0.2, 0.25) is 0 Å². The van der Waals surface area contributed by atoms with Crippen molar-refractivity contribution in [2.75, 3.05) is 19.7 Å². The maximum atomic E-state index is 10.6. The van der Waals surface area contributed by atoms with E-state index < -0.39 is 0 Å². The van der Waals surface area contributed by atoms with Crippen molar-refractivity contribution >= 4 is 0 Å². The van der Waals surface area contributed by atoms with Crippen LogP contribution in [-0.4, -0.2) is 19.7 Å². The minimum absolute atomic E-state index is 0.0919. The number of piperidine rings is 1. The van der Waals surface area contributed by atoms with Gasteiger partial charge in [-0.3, -0.25) is 0 Å². The third-order valence-corrected chi connectivity index (χ3v) is 2.16. The van der Waals surface area contributed by atoms with Crippen LogP contribution in [0.25, 0.3) is 0 Å². The molecule has 1 fully saturated rings. The largest absolute Gasteiger partial charge is 0.317 e. The molecule has 0 amide bonds. The Hall–Kier alpha value is -0.0800. The van der Waals surface area contributed by atoms with Crippen molar-refractivity contribution in [2.24, 2.45) is 5.41 Å². The van der Waals surface area contributed by atoms with Crippen LogP contribution in [0.3, 0.4) is 0 Å². The van der Waals surface area contributed by atoms with Crippen LogP contribution in [0.1, 0.15) is 19.8 Å². The van der Waals surface area contributed by atoms with E-state index >= 15 is 0 Å². The molecule has 1 rings (SSSR count). The van der Waals surface area contributed by atoms with Crippen LogP contribution in [0.4, 0.5) is 0 Å². The highest BCUT2D eigenvalue weighted by molar-refractivity contribution is 4.78. The van der Waals surface area contributed by atoms with E-state index in [0.717, 1.165) is 25.9 Å². The molecule has 1 aliphatic heterocycles.